The van der Waals surface area contributed by atoms with Crippen molar-refractivity contribution >= 4 is 5.91 Å². The minimum atomic E-state index is -0.117. The number of phenolic OH excluding ortho intramolecular Hbond substituents is 1. The number of ether oxygens (including phenoxy) is 1. The van der Waals surface area contributed by atoms with Crippen LogP contribution in [0, 0.1) is 17.8 Å². The Morgan fingerprint density at radius 2 is 2.19 bits per heavy atom. The number of carbonyl (C=O) groups excluding carboxylic acids is 1. The van der Waals surface area contributed by atoms with E-state index in [0.717, 1.165) is 11.8 Å². The third-order valence-electron chi connectivity index (χ3n) is 5.05. The molecule has 0 heterocycles. The van der Waals surface area contributed by atoms with Crippen LogP contribution in [0.2, 0.25) is 0 Å². The first kappa shape index (κ1) is 14.2. The van der Waals surface area contributed by atoms with Crippen LogP contribution >= 0.6 is 0 Å². The van der Waals surface area contributed by atoms with E-state index in [2.05, 4.69) is 12.2 Å². The molecular formula is C17H23NO3. The van der Waals surface area contributed by atoms with Crippen molar-refractivity contribution in [3.8, 4) is 11.5 Å². The summed E-state index contributed by atoms with van der Waals surface area (Å²) in [6.45, 7) is 2.05. The molecular weight excluding hydrogens is 266 g/mol. The lowest BCUT2D eigenvalue weighted by Gasteiger charge is -2.28. The molecule has 0 aromatic heterocycles. The molecule has 21 heavy (non-hydrogen) atoms. The number of phenols is 1. The molecule has 4 unspecified atom stereocenters. The van der Waals surface area contributed by atoms with Gasteiger partial charge < -0.3 is 15.2 Å². The van der Waals surface area contributed by atoms with Crippen molar-refractivity contribution in [1.29, 1.82) is 0 Å². The normalized spacial score (nSPS) is 28.3. The summed E-state index contributed by atoms with van der Waals surface area (Å²) in [5.74, 6) is 2.60. The van der Waals surface area contributed by atoms with Gasteiger partial charge in [-0.15, -0.1) is 0 Å². The van der Waals surface area contributed by atoms with Gasteiger partial charge in [-0.3, -0.25) is 4.79 Å². The maximum Gasteiger partial charge on any atom is 0.258 e. The van der Waals surface area contributed by atoms with E-state index in [1.807, 2.05) is 0 Å². The fourth-order valence-corrected chi connectivity index (χ4v) is 4.03. The van der Waals surface area contributed by atoms with Crippen LogP contribution in [0.1, 0.15) is 32.6 Å². The lowest BCUT2D eigenvalue weighted by molar-refractivity contribution is -0.124. The first-order valence-electron chi connectivity index (χ1n) is 7.83. The average Bonchev–Trinajstić information content (AvgIpc) is 3.09. The molecule has 2 aliphatic carbocycles. The van der Waals surface area contributed by atoms with Gasteiger partial charge in [-0.05, 0) is 56.1 Å². The van der Waals surface area contributed by atoms with Crippen molar-refractivity contribution in [1.82, 2.24) is 5.32 Å². The van der Waals surface area contributed by atoms with Gasteiger partial charge in [0.05, 0.1) is 0 Å². The number of para-hydroxylation sites is 2. The summed E-state index contributed by atoms with van der Waals surface area (Å²) in [7, 11) is 0. The molecule has 2 aliphatic rings. The molecule has 0 radical (unpaired) electrons. The van der Waals surface area contributed by atoms with Crippen LogP contribution in [-0.2, 0) is 4.79 Å². The summed E-state index contributed by atoms with van der Waals surface area (Å²) in [6.07, 6.45) is 5.30. The van der Waals surface area contributed by atoms with Crippen LogP contribution in [0.15, 0.2) is 24.3 Å². The second kappa shape index (κ2) is 5.96. The van der Waals surface area contributed by atoms with E-state index in [0.29, 0.717) is 11.7 Å². The van der Waals surface area contributed by atoms with Crippen LogP contribution in [0.4, 0.5) is 0 Å². The highest BCUT2D eigenvalue weighted by Crippen LogP contribution is 2.49. The van der Waals surface area contributed by atoms with Gasteiger partial charge in [0.2, 0.25) is 0 Å². The number of hydrogen-bond donors (Lipinski definition) is 2. The molecule has 2 fully saturated rings. The highest BCUT2D eigenvalue weighted by Gasteiger charge is 2.42. The van der Waals surface area contributed by atoms with Gasteiger partial charge in [0.25, 0.3) is 5.91 Å². The molecule has 1 aromatic carbocycles. The Morgan fingerprint density at radius 3 is 2.86 bits per heavy atom. The standard InChI is InChI=1S/C17H23NO3/c1-11(14-9-12-6-7-13(14)8-12)18-17(20)10-21-16-5-3-2-4-15(16)19/h2-5,11-14,19H,6-10H2,1H3,(H,18,20). The smallest absolute Gasteiger partial charge is 0.258 e. The quantitative estimate of drug-likeness (QED) is 0.876. The summed E-state index contributed by atoms with van der Waals surface area (Å²) >= 11 is 0. The molecule has 2 N–H and O–H groups in total. The lowest BCUT2D eigenvalue weighted by Crippen LogP contribution is -2.42. The molecule has 2 bridgehead atoms. The molecule has 1 aromatic rings. The zero-order valence-corrected chi connectivity index (χ0v) is 12.4. The van der Waals surface area contributed by atoms with Crippen LogP contribution in [-0.4, -0.2) is 23.7 Å². The molecule has 114 valence electrons. The van der Waals surface area contributed by atoms with Crippen molar-refractivity contribution in [2.45, 2.75) is 38.6 Å². The van der Waals surface area contributed by atoms with Crippen molar-refractivity contribution in [3.05, 3.63) is 24.3 Å². The summed E-state index contributed by atoms with van der Waals surface area (Å²) < 4.78 is 5.36. The molecule has 4 nitrogen and oxygen atoms in total. The van der Waals surface area contributed by atoms with Gasteiger partial charge in [0.1, 0.15) is 0 Å². The van der Waals surface area contributed by atoms with Gasteiger partial charge in [0, 0.05) is 6.04 Å². The molecule has 4 heteroatoms. The Bertz CT molecular complexity index is 517. The average molecular weight is 289 g/mol. The van der Waals surface area contributed by atoms with Crippen LogP contribution in [0.5, 0.6) is 11.5 Å². The minimum Gasteiger partial charge on any atom is -0.504 e. The predicted octanol–water partition coefficient (Wildman–Crippen LogP) is 2.71. The molecule has 0 saturated heterocycles. The number of nitrogens with one attached hydrogen (secondary N) is 1. The summed E-state index contributed by atoms with van der Waals surface area (Å²) in [4.78, 5) is 12.0. The van der Waals surface area contributed by atoms with Crippen LogP contribution in [0.3, 0.4) is 0 Å². The SMILES string of the molecule is CC(NC(=O)COc1ccccc1O)C1CC2CCC1C2. The van der Waals surface area contributed by atoms with E-state index < -0.39 is 0 Å². The maximum atomic E-state index is 12.0. The Kier molecular flexibility index (Phi) is 4.04. The second-order valence-corrected chi connectivity index (χ2v) is 6.45. The first-order valence-corrected chi connectivity index (χ1v) is 7.83. The summed E-state index contributed by atoms with van der Waals surface area (Å²) in [5, 5.41) is 12.6. The van der Waals surface area contributed by atoms with Gasteiger partial charge in [0.15, 0.2) is 18.1 Å². The summed E-state index contributed by atoms with van der Waals surface area (Å²) in [6, 6.07) is 6.90. The number of hydrogen-bond acceptors (Lipinski definition) is 3. The van der Waals surface area contributed by atoms with Crippen molar-refractivity contribution in [3.63, 3.8) is 0 Å². The van der Waals surface area contributed by atoms with Crippen molar-refractivity contribution in [2.24, 2.45) is 17.8 Å². The molecule has 0 spiro atoms. The van der Waals surface area contributed by atoms with E-state index in [1.54, 1.807) is 24.3 Å². The summed E-state index contributed by atoms with van der Waals surface area (Å²) in [5.41, 5.74) is 0. The lowest BCUT2D eigenvalue weighted by atomic mass is 9.84. The van der Waals surface area contributed by atoms with E-state index >= 15 is 0 Å². The first-order chi connectivity index (χ1) is 10.1. The Hall–Kier alpha value is -1.71. The number of benzene rings is 1. The second-order valence-electron chi connectivity index (χ2n) is 6.45. The van der Waals surface area contributed by atoms with Gasteiger partial charge >= 0.3 is 0 Å². The topological polar surface area (TPSA) is 58.6 Å². The number of fused-ring (bicyclic) bond motifs is 2. The zero-order chi connectivity index (χ0) is 14.8. The van der Waals surface area contributed by atoms with E-state index in [-0.39, 0.29) is 24.3 Å². The highest BCUT2D eigenvalue weighted by atomic mass is 16.5. The third-order valence-corrected chi connectivity index (χ3v) is 5.05. The molecule has 0 aliphatic heterocycles. The van der Waals surface area contributed by atoms with E-state index in [1.165, 1.54) is 25.7 Å². The highest BCUT2D eigenvalue weighted by molar-refractivity contribution is 5.77. The predicted molar refractivity (Wildman–Crippen MR) is 80.1 cm³/mol. The van der Waals surface area contributed by atoms with Gasteiger partial charge in [-0.25, -0.2) is 0 Å². The Morgan fingerprint density at radius 1 is 1.38 bits per heavy atom. The number of carbonyl (C=O) groups is 1. The largest absolute Gasteiger partial charge is 0.504 e. The zero-order valence-electron chi connectivity index (χ0n) is 12.4. The number of aromatic hydroxyl groups is 1. The molecule has 4 atom stereocenters. The number of amides is 1. The van der Waals surface area contributed by atoms with Crippen LogP contribution in [0.25, 0.3) is 0 Å². The molecule has 3 rings (SSSR count). The van der Waals surface area contributed by atoms with Crippen molar-refractivity contribution in [2.75, 3.05) is 6.61 Å². The molecule has 2 saturated carbocycles. The van der Waals surface area contributed by atoms with Gasteiger partial charge in [-0.1, -0.05) is 18.6 Å². The number of rotatable bonds is 5. The maximum absolute atomic E-state index is 12.0. The molecule has 1 amide bonds. The fraction of sp³-hybridized carbons (Fsp3) is 0.588. The van der Waals surface area contributed by atoms with Gasteiger partial charge in [-0.2, -0.15) is 0 Å². The van der Waals surface area contributed by atoms with Crippen molar-refractivity contribution < 1.29 is 14.6 Å². The minimum absolute atomic E-state index is 0.0528. The third kappa shape index (κ3) is 3.14. The van der Waals surface area contributed by atoms with Crippen LogP contribution < -0.4 is 10.1 Å². The van der Waals surface area contributed by atoms with E-state index in [9.17, 15) is 9.90 Å². The Balaban J connectivity index is 1.47. The Labute approximate surface area is 125 Å². The monoisotopic (exact) mass is 289 g/mol. The van der Waals surface area contributed by atoms with E-state index in [4.69, 9.17) is 4.74 Å². The fourth-order valence-electron chi connectivity index (χ4n) is 4.03.